The van der Waals surface area contributed by atoms with Crippen molar-refractivity contribution in [3.63, 3.8) is 0 Å². The number of methoxy groups -OCH3 is 2. The van der Waals surface area contributed by atoms with E-state index in [4.69, 9.17) is 9.47 Å². The van der Waals surface area contributed by atoms with Crippen LogP contribution in [0, 0.1) is 11.8 Å². The molecule has 1 amide bonds. The molecule has 3 heterocycles. The van der Waals surface area contributed by atoms with Crippen LogP contribution in [-0.4, -0.2) is 62.0 Å². The highest BCUT2D eigenvalue weighted by molar-refractivity contribution is 9.09. The summed E-state index contributed by atoms with van der Waals surface area (Å²) in [5.41, 5.74) is 2.31. The van der Waals surface area contributed by atoms with Crippen LogP contribution in [0.4, 0.5) is 5.69 Å². The number of unbranched alkanes of at least 4 members (excludes halogenated alkanes) is 5. The third-order valence-electron chi connectivity index (χ3n) is 8.98. The summed E-state index contributed by atoms with van der Waals surface area (Å²) < 4.78 is 10.5. The van der Waals surface area contributed by atoms with E-state index >= 15 is 0 Å². The predicted molar refractivity (Wildman–Crippen MR) is 151 cm³/mol. The van der Waals surface area contributed by atoms with Crippen LogP contribution in [0.3, 0.4) is 0 Å². The molecule has 0 N–H and O–H groups in total. The number of para-hydroxylation sites is 1. The fourth-order valence-electron chi connectivity index (χ4n) is 7.12. The third-order valence-corrected chi connectivity index (χ3v) is 9.54. The minimum Gasteiger partial charge on any atom is -0.504 e. The monoisotopic (exact) mass is 574 g/mol. The van der Waals surface area contributed by atoms with Crippen molar-refractivity contribution in [2.75, 3.05) is 44.1 Å². The number of halogens is 1. The normalized spacial score (nSPS) is 27.5. The number of piperidine rings is 1. The standard InChI is InChI=1S/C30H43BrN2O4/c1-4-22-20-32-18-15-30(27(32)19-23(22)24(21-36-2)28(34)37-3)25-13-9-10-14-26(25)33(29(30)35)17-12-8-6-5-7-11-16-31/h9-10,13-14,21-23,27H,4-8,11-12,15-20H2,1-3H3/b24-21+/t22-,23-,27-,30+/m0/s1. The Morgan fingerprint density at radius 3 is 2.57 bits per heavy atom. The number of alkyl halides is 1. The van der Waals surface area contributed by atoms with E-state index in [9.17, 15) is 9.59 Å². The third kappa shape index (κ3) is 5.36. The lowest BCUT2D eigenvalue weighted by Crippen LogP contribution is -2.55. The van der Waals surface area contributed by atoms with Gasteiger partial charge in [0.25, 0.3) is 0 Å². The first-order valence-electron chi connectivity index (χ1n) is 14.1. The highest BCUT2D eigenvalue weighted by Crippen LogP contribution is 2.55. The van der Waals surface area contributed by atoms with Gasteiger partial charge in [-0.25, -0.2) is 4.79 Å². The van der Waals surface area contributed by atoms with Gasteiger partial charge in [-0.05, 0) is 55.7 Å². The van der Waals surface area contributed by atoms with E-state index < -0.39 is 5.41 Å². The van der Waals surface area contributed by atoms with Crippen molar-refractivity contribution in [3.05, 3.63) is 41.7 Å². The summed E-state index contributed by atoms with van der Waals surface area (Å²) in [5.74, 6) is 0.243. The molecular formula is C30H43BrN2O4. The molecule has 4 rings (SSSR count). The molecule has 1 spiro atoms. The topological polar surface area (TPSA) is 59.1 Å². The second-order valence-corrected chi connectivity index (χ2v) is 11.6. The first kappa shape index (κ1) is 28.2. The maximum absolute atomic E-state index is 14.4. The summed E-state index contributed by atoms with van der Waals surface area (Å²) >= 11 is 3.51. The fourth-order valence-corrected chi connectivity index (χ4v) is 7.52. The highest BCUT2D eigenvalue weighted by Gasteiger charge is 2.62. The summed E-state index contributed by atoms with van der Waals surface area (Å²) in [6.45, 7) is 4.76. The van der Waals surface area contributed by atoms with E-state index in [1.807, 2.05) is 0 Å². The van der Waals surface area contributed by atoms with E-state index in [1.54, 1.807) is 13.4 Å². The number of amides is 1. The van der Waals surface area contributed by atoms with Crippen LogP contribution in [0.2, 0.25) is 0 Å². The zero-order chi connectivity index (χ0) is 26.4. The van der Waals surface area contributed by atoms with Crippen molar-refractivity contribution in [3.8, 4) is 0 Å². The second kappa shape index (κ2) is 12.8. The number of esters is 1. The Labute approximate surface area is 230 Å². The number of benzene rings is 1. The van der Waals surface area contributed by atoms with Crippen LogP contribution >= 0.6 is 15.9 Å². The number of fused-ring (bicyclic) bond motifs is 4. The van der Waals surface area contributed by atoms with E-state index in [-0.39, 0.29) is 23.8 Å². The van der Waals surface area contributed by atoms with Crippen molar-refractivity contribution in [1.29, 1.82) is 0 Å². The van der Waals surface area contributed by atoms with Gasteiger partial charge in [-0.2, -0.15) is 0 Å². The summed E-state index contributed by atoms with van der Waals surface area (Å²) in [6, 6.07) is 8.49. The summed E-state index contributed by atoms with van der Waals surface area (Å²) in [5, 5.41) is 1.08. The van der Waals surface area contributed by atoms with Gasteiger partial charge >= 0.3 is 5.97 Å². The van der Waals surface area contributed by atoms with Crippen LogP contribution in [0.5, 0.6) is 0 Å². The Morgan fingerprint density at radius 1 is 1.14 bits per heavy atom. The zero-order valence-corrected chi connectivity index (χ0v) is 24.3. The molecule has 7 heteroatoms. The maximum Gasteiger partial charge on any atom is 0.337 e. The van der Waals surface area contributed by atoms with Crippen LogP contribution in [0.15, 0.2) is 36.1 Å². The molecule has 2 saturated heterocycles. The van der Waals surface area contributed by atoms with E-state index in [1.165, 1.54) is 38.4 Å². The molecule has 0 aromatic heterocycles. The molecule has 37 heavy (non-hydrogen) atoms. The number of ether oxygens (including phenoxy) is 2. The van der Waals surface area contributed by atoms with Crippen molar-refractivity contribution in [2.24, 2.45) is 11.8 Å². The number of anilines is 1. The molecule has 3 aliphatic rings. The number of rotatable bonds is 12. The molecule has 0 bridgehead atoms. The zero-order valence-electron chi connectivity index (χ0n) is 22.7. The van der Waals surface area contributed by atoms with Crippen molar-refractivity contribution in [2.45, 2.75) is 76.2 Å². The van der Waals surface area contributed by atoms with Gasteiger partial charge < -0.3 is 14.4 Å². The molecule has 3 aliphatic heterocycles. The first-order chi connectivity index (χ1) is 18.0. The van der Waals surface area contributed by atoms with Crippen LogP contribution in [0.1, 0.15) is 70.3 Å². The molecule has 6 nitrogen and oxygen atoms in total. The van der Waals surface area contributed by atoms with Crippen molar-refractivity contribution in [1.82, 2.24) is 4.90 Å². The van der Waals surface area contributed by atoms with Gasteiger partial charge in [-0.15, -0.1) is 0 Å². The maximum atomic E-state index is 14.4. The van der Waals surface area contributed by atoms with Gasteiger partial charge in [0.05, 0.1) is 31.5 Å². The Hall–Kier alpha value is -1.86. The number of carbonyl (C=O) groups is 2. The van der Waals surface area contributed by atoms with Crippen molar-refractivity contribution < 1.29 is 19.1 Å². The SMILES string of the molecule is CC[C@H]1CN2CC[C@]3(C(=O)N(CCCCCCCCBr)c4ccccc43)[C@@H]2C[C@@H]1/C(=C\OC)C(=O)OC. The lowest BCUT2D eigenvalue weighted by molar-refractivity contribution is -0.137. The quantitative estimate of drug-likeness (QED) is 0.103. The first-order valence-corrected chi connectivity index (χ1v) is 15.2. The average molecular weight is 576 g/mol. The number of hydrogen-bond donors (Lipinski definition) is 0. The molecule has 0 unspecified atom stereocenters. The lowest BCUT2D eigenvalue weighted by Gasteiger charge is -2.45. The minimum atomic E-state index is -0.544. The van der Waals surface area contributed by atoms with Gasteiger partial charge in [0.2, 0.25) is 5.91 Å². The van der Waals surface area contributed by atoms with E-state index in [0.717, 1.165) is 62.8 Å². The van der Waals surface area contributed by atoms with Gasteiger partial charge in [0, 0.05) is 30.1 Å². The van der Waals surface area contributed by atoms with Gasteiger partial charge in [0.1, 0.15) is 0 Å². The Kier molecular flexibility index (Phi) is 9.73. The summed E-state index contributed by atoms with van der Waals surface area (Å²) in [6.07, 6.45) is 11.3. The van der Waals surface area contributed by atoms with E-state index in [0.29, 0.717) is 11.5 Å². The predicted octanol–water partition coefficient (Wildman–Crippen LogP) is 5.83. The van der Waals surface area contributed by atoms with Crippen LogP contribution in [0.25, 0.3) is 0 Å². The molecule has 1 aromatic rings. The average Bonchev–Trinajstić information content (AvgIpc) is 3.41. The Balaban J connectivity index is 1.58. The number of carbonyl (C=O) groups excluding carboxylic acids is 2. The molecular weight excluding hydrogens is 532 g/mol. The summed E-state index contributed by atoms with van der Waals surface area (Å²) in [7, 11) is 3.00. The van der Waals surface area contributed by atoms with Crippen molar-refractivity contribution >= 4 is 33.5 Å². The van der Waals surface area contributed by atoms with Gasteiger partial charge in [-0.1, -0.05) is 73.2 Å². The Morgan fingerprint density at radius 2 is 1.86 bits per heavy atom. The molecule has 1 aromatic carbocycles. The van der Waals surface area contributed by atoms with Gasteiger partial charge in [-0.3, -0.25) is 9.69 Å². The number of nitrogens with zero attached hydrogens (tertiary/aromatic N) is 2. The van der Waals surface area contributed by atoms with Gasteiger partial charge in [0.15, 0.2) is 0 Å². The summed E-state index contributed by atoms with van der Waals surface area (Å²) in [4.78, 5) is 31.7. The van der Waals surface area contributed by atoms with E-state index in [2.05, 4.69) is 56.9 Å². The molecule has 204 valence electrons. The Bertz CT molecular complexity index is 982. The van der Waals surface area contributed by atoms with Crippen LogP contribution < -0.4 is 4.90 Å². The largest absolute Gasteiger partial charge is 0.504 e. The molecule has 0 radical (unpaired) electrons. The minimum absolute atomic E-state index is 0.00200. The molecule has 4 atom stereocenters. The number of hydrogen-bond acceptors (Lipinski definition) is 5. The molecule has 0 saturated carbocycles. The fraction of sp³-hybridized carbons (Fsp3) is 0.667. The molecule has 2 fully saturated rings. The smallest absolute Gasteiger partial charge is 0.337 e. The second-order valence-electron chi connectivity index (χ2n) is 10.8. The van der Waals surface area contributed by atoms with Crippen LogP contribution in [-0.2, 0) is 24.5 Å². The highest BCUT2D eigenvalue weighted by atomic mass is 79.9. The lowest BCUT2D eigenvalue weighted by atomic mass is 9.67. The molecule has 0 aliphatic carbocycles.